The molecule has 1 aromatic carbocycles. The average molecular weight is 395 g/mol. The van der Waals surface area contributed by atoms with Crippen LogP contribution in [0.2, 0.25) is 10.2 Å². The number of rotatable bonds is 5. The van der Waals surface area contributed by atoms with Crippen molar-refractivity contribution >= 4 is 41.2 Å². The molecule has 1 aliphatic rings. The van der Waals surface area contributed by atoms with Gasteiger partial charge in [0.1, 0.15) is 5.15 Å². The van der Waals surface area contributed by atoms with E-state index in [1.165, 1.54) is 12.2 Å². The predicted molar refractivity (Wildman–Crippen MR) is 97.0 cm³/mol. The highest BCUT2D eigenvalue weighted by Gasteiger charge is 2.29. The first-order chi connectivity index (χ1) is 12.4. The number of aryl methyl sites for hydroxylation is 1. The molecule has 0 saturated carbocycles. The van der Waals surface area contributed by atoms with Gasteiger partial charge in [0, 0.05) is 23.1 Å². The monoisotopic (exact) mass is 394 g/mol. The Bertz CT molecular complexity index is 859. The largest absolute Gasteiger partial charge is 0.463 e. The van der Waals surface area contributed by atoms with Gasteiger partial charge in [-0.05, 0) is 30.7 Å². The first-order valence-corrected chi connectivity index (χ1v) is 8.72. The van der Waals surface area contributed by atoms with Crippen LogP contribution >= 0.6 is 23.2 Å². The number of carbonyl (C=O) groups is 2. The number of carbonyl (C=O) groups excluding carboxylic acids is 2. The van der Waals surface area contributed by atoms with Gasteiger partial charge in [-0.3, -0.25) is 0 Å². The summed E-state index contributed by atoms with van der Waals surface area (Å²) in [7, 11) is 0. The molecule has 0 unspecified atom stereocenters. The molecule has 6 nitrogen and oxygen atoms in total. The summed E-state index contributed by atoms with van der Waals surface area (Å²) in [5.74, 6) is -1.15. The number of hydrogen-bond acceptors (Lipinski definition) is 5. The number of halogens is 2. The summed E-state index contributed by atoms with van der Waals surface area (Å²) in [4.78, 5) is 23.2. The lowest BCUT2D eigenvalue weighted by atomic mass is 10.2. The van der Waals surface area contributed by atoms with Gasteiger partial charge in [-0.25, -0.2) is 14.3 Å². The van der Waals surface area contributed by atoms with Crippen LogP contribution in [0.25, 0.3) is 6.08 Å². The Hall–Kier alpha value is -2.31. The number of cyclic esters (lactones) is 1. The minimum absolute atomic E-state index is 0.267. The van der Waals surface area contributed by atoms with Crippen LogP contribution in [0.5, 0.6) is 0 Å². The van der Waals surface area contributed by atoms with E-state index in [9.17, 15) is 9.59 Å². The van der Waals surface area contributed by atoms with Gasteiger partial charge >= 0.3 is 11.9 Å². The van der Waals surface area contributed by atoms with Crippen LogP contribution < -0.4 is 0 Å². The summed E-state index contributed by atoms with van der Waals surface area (Å²) in [6, 6.07) is 7.38. The highest BCUT2D eigenvalue weighted by molar-refractivity contribution is 6.31. The maximum atomic E-state index is 11.9. The molecule has 136 valence electrons. The van der Waals surface area contributed by atoms with Crippen LogP contribution in [-0.4, -0.2) is 34.4 Å². The zero-order valence-corrected chi connectivity index (χ0v) is 15.5. The molecule has 1 aromatic heterocycles. The van der Waals surface area contributed by atoms with Crippen molar-refractivity contribution in [3.8, 4) is 0 Å². The second-order valence-corrected chi connectivity index (χ2v) is 6.58. The Labute approximate surface area is 160 Å². The highest BCUT2D eigenvalue weighted by Crippen LogP contribution is 2.23. The van der Waals surface area contributed by atoms with Gasteiger partial charge in [-0.15, -0.1) is 0 Å². The van der Waals surface area contributed by atoms with Gasteiger partial charge in [-0.2, -0.15) is 5.10 Å². The smallest absolute Gasteiger partial charge is 0.347 e. The summed E-state index contributed by atoms with van der Waals surface area (Å²) < 4.78 is 11.4. The Morgan fingerprint density at radius 1 is 1.38 bits per heavy atom. The summed E-state index contributed by atoms with van der Waals surface area (Å²) in [5, 5.41) is 5.46. The minimum atomic E-state index is -0.837. The Balaban J connectivity index is 1.70. The standard InChI is InChI=1S/C18H16Cl2N2O4/c1-11-14(6-7-16(23)26-15-8-9-25-18(15)24)17(20)22(21-11)10-12-2-4-13(19)5-3-12/h2-7,15H,8-10H2,1H3/b7-6+/t15-/m1/s1. The van der Waals surface area contributed by atoms with Crippen molar-refractivity contribution in [2.75, 3.05) is 6.61 Å². The van der Waals surface area contributed by atoms with Crippen molar-refractivity contribution in [2.45, 2.75) is 26.0 Å². The molecule has 3 rings (SSSR count). The molecule has 0 amide bonds. The molecule has 1 aliphatic heterocycles. The maximum absolute atomic E-state index is 11.9. The molecule has 1 atom stereocenters. The molecule has 8 heteroatoms. The molecule has 0 N–H and O–H groups in total. The van der Waals surface area contributed by atoms with Crippen LogP contribution in [0.4, 0.5) is 0 Å². The zero-order chi connectivity index (χ0) is 18.7. The predicted octanol–water partition coefficient (Wildman–Crippen LogP) is 3.42. The fourth-order valence-electron chi connectivity index (χ4n) is 2.54. The first kappa shape index (κ1) is 18.5. The van der Waals surface area contributed by atoms with Gasteiger partial charge in [0.25, 0.3) is 0 Å². The van der Waals surface area contributed by atoms with Gasteiger partial charge in [0.05, 0.1) is 18.8 Å². The Morgan fingerprint density at radius 3 is 2.77 bits per heavy atom. The molecule has 0 bridgehead atoms. The fourth-order valence-corrected chi connectivity index (χ4v) is 2.96. The molecule has 1 saturated heterocycles. The molecule has 26 heavy (non-hydrogen) atoms. The summed E-state index contributed by atoms with van der Waals surface area (Å²) in [6.45, 7) is 2.54. The molecule has 0 spiro atoms. The van der Waals surface area contributed by atoms with Crippen LogP contribution in [0.1, 0.15) is 23.2 Å². The summed E-state index contributed by atoms with van der Waals surface area (Å²) in [6.07, 6.45) is 2.30. The summed E-state index contributed by atoms with van der Waals surface area (Å²) >= 11 is 12.3. The maximum Gasteiger partial charge on any atom is 0.347 e. The van der Waals surface area contributed by atoms with E-state index in [0.29, 0.717) is 34.4 Å². The minimum Gasteiger partial charge on any atom is -0.463 e. The number of esters is 2. The lowest BCUT2D eigenvalue weighted by Crippen LogP contribution is -2.21. The third kappa shape index (κ3) is 4.26. The Morgan fingerprint density at radius 2 is 2.12 bits per heavy atom. The van der Waals surface area contributed by atoms with E-state index < -0.39 is 18.0 Å². The van der Waals surface area contributed by atoms with Crippen molar-refractivity contribution in [3.05, 3.63) is 57.3 Å². The molecule has 2 aromatic rings. The molecular weight excluding hydrogens is 379 g/mol. The van der Waals surface area contributed by atoms with E-state index in [4.69, 9.17) is 32.7 Å². The van der Waals surface area contributed by atoms with E-state index in [2.05, 4.69) is 5.10 Å². The quantitative estimate of drug-likeness (QED) is 0.573. The molecule has 0 aliphatic carbocycles. The second kappa shape index (κ2) is 7.93. The number of aromatic nitrogens is 2. The van der Waals surface area contributed by atoms with E-state index in [1.54, 1.807) is 23.7 Å². The number of ether oxygens (including phenoxy) is 2. The van der Waals surface area contributed by atoms with Crippen LogP contribution in [0, 0.1) is 6.92 Å². The number of hydrogen-bond donors (Lipinski definition) is 0. The van der Waals surface area contributed by atoms with E-state index >= 15 is 0 Å². The molecular formula is C18H16Cl2N2O4. The highest BCUT2D eigenvalue weighted by atomic mass is 35.5. The second-order valence-electron chi connectivity index (χ2n) is 5.79. The lowest BCUT2D eigenvalue weighted by molar-refractivity contribution is -0.156. The van der Waals surface area contributed by atoms with Crippen molar-refractivity contribution in [1.29, 1.82) is 0 Å². The fraction of sp³-hybridized carbons (Fsp3) is 0.278. The van der Waals surface area contributed by atoms with E-state index in [-0.39, 0.29) is 6.61 Å². The van der Waals surface area contributed by atoms with Gasteiger partial charge < -0.3 is 9.47 Å². The molecule has 2 heterocycles. The third-order valence-corrected chi connectivity index (χ3v) is 4.54. The van der Waals surface area contributed by atoms with Crippen molar-refractivity contribution in [1.82, 2.24) is 9.78 Å². The molecule has 0 radical (unpaired) electrons. The Kier molecular flexibility index (Phi) is 5.64. The number of nitrogens with zero attached hydrogens (tertiary/aromatic N) is 2. The van der Waals surface area contributed by atoms with Crippen molar-refractivity contribution < 1.29 is 19.1 Å². The van der Waals surface area contributed by atoms with Crippen molar-refractivity contribution in [2.24, 2.45) is 0 Å². The number of benzene rings is 1. The summed E-state index contributed by atoms with van der Waals surface area (Å²) in [5.41, 5.74) is 2.29. The van der Waals surface area contributed by atoms with E-state index in [0.717, 1.165) is 5.56 Å². The topological polar surface area (TPSA) is 70.4 Å². The van der Waals surface area contributed by atoms with Crippen LogP contribution in [0.15, 0.2) is 30.3 Å². The molecule has 1 fully saturated rings. The average Bonchev–Trinajstić information content (AvgIpc) is 3.12. The van der Waals surface area contributed by atoms with E-state index in [1.807, 2.05) is 12.1 Å². The van der Waals surface area contributed by atoms with Gasteiger partial charge in [0.15, 0.2) is 0 Å². The SMILES string of the molecule is Cc1nn(Cc2ccc(Cl)cc2)c(Cl)c1/C=C/C(=O)O[C@@H]1CCOC1=O. The normalized spacial score (nSPS) is 16.9. The zero-order valence-electron chi connectivity index (χ0n) is 13.9. The first-order valence-electron chi connectivity index (χ1n) is 7.96. The van der Waals surface area contributed by atoms with Gasteiger partial charge in [0.2, 0.25) is 6.10 Å². The van der Waals surface area contributed by atoms with Crippen LogP contribution in [-0.2, 0) is 25.6 Å². The lowest BCUT2D eigenvalue weighted by Gasteiger charge is -2.05. The van der Waals surface area contributed by atoms with Crippen molar-refractivity contribution in [3.63, 3.8) is 0 Å². The van der Waals surface area contributed by atoms with Gasteiger partial charge in [-0.1, -0.05) is 35.3 Å². The van der Waals surface area contributed by atoms with Crippen LogP contribution in [0.3, 0.4) is 0 Å². The third-order valence-electron chi connectivity index (χ3n) is 3.89.